The van der Waals surface area contributed by atoms with Crippen LogP contribution >= 0.6 is 0 Å². The lowest BCUT2D eigenvalue weighted by atomic mass is 9.88. The summed E-state index contributed by atoms with van der Waals surface area (Å²) in [7, 11) is 1.50. The van der Waals surface area contributed by atoms with Crippen molar-refractivity contribution in [1.29, 1.82) is 0 Å². The molecule has 11 heteroatoms. The summed E-state index contributed by atoms with van der Waals surface area (Å²) in [6.45, 7) is 1.32. The minimum atomic E-state index is -4.48. The maximum Gasteiger partial charge on any atom is 0.416 e. The van der Waals surface area contributed by atoms with Gasteiger partial charge in [-0.15, -0.1) is 0 Å². The fraction of sp³-hybridized carbons (Fsp3) is 0.452. The standard InChI is InChI=1S/C31H37F3N2O6/c1-41-27-17-22(7-12-26(27)42-16-15-36-28(37)13-14-29(36)38)20-35(19-21-5-3-2-4-6-21)25(18-30(39)40)23-8-10-24(11-9-23)31(32,33)34/h7-14,17,21,25,37-38H,2-6,15-16,18-20H2,1H3,(H,39,40). The van der Waals surface area contributed by atoms with Crippen molar-refractivity contribution in [3.05, 3.63) is 71.3 Å². The number of rotatable bonds is 13. The Balaban J connectivity index is 1.57. The Morgan fingerprint density at radius 3 is 2.26 bits per heavy atom. The van der Waals surface area contributed by atoms with Gasteiger partial charge in [0, 0.05) is 31.3 Å². The van der Waals surface area contributed by atoms with Crippen LogP contribution in [0.2, 0.25) is 0 Å². The number of carbonyl (C=O) groups is 1. The minimum absolute atomic E-state index is 0.0829. The topological polar surface area (TPSA) is 104 Å². The number of benzene rings is 2. The van der Waals surface area contributed by atoms with E-state index in [1.807, 2.05) is 6.07 Å². The van der Waals surface area contributed by atoms with Crippen LogP contribution in [-0.4, -0.2) is 51.0 Å². The predicted octanol–water partition coefficient (Wildman–Crippen LogP) is 6.60. The van der Waals surface area contributed by atoms with Crippen molar-refractivity contribution < 1.29 is 42.8 Å². The Morgan fingerprint density at radius 1 is 1.00 bits per heavy atom. The van der Waals surface area contributed by atoms with Crippen molar-refractivity contribution in [3.63, 3.8) is 0 Å². The summed E-state index contributed by atoms with van der Waals surface area (Å²) in [4.78, 5) is 14.0. The maximum atomic E-state index is 13.2. The average molecular weight is 591 g/mol. The zero-order valence-electron chi connectivity index (χ0n) is 23.5. The number of hydrogen-bond acceptors (Lipinski definition) is 6. The van der Waals surface area contributed by atoms with E-state index < -0.39 is 23.8 Å². The van der Waals surface area contributed by atoms with Crippen molar-refractivity contribution in [1.82, 2.24) is 9.47 Å². The first kappa shape index (κ1) is 31.1. The highest BCUT2D eigenvalue weighted by atomic mass is 19.4. The minimum Gasteiger partial charge on any atom is -0.494 e. The van der Waals surface area contributed by atoms with Crippen molar-refractivity contribution in [3.8, 4) is 23.3 Å². The quantitative estimate of drug-likeness (QED) is 0.206. The molecule has 1 aromatic heterocycles. The number of carboxylic acids is 1. The largest absolute Gasteiger partial charge is 0.494 e. The second kappa shape index (κ2) is 13.9. The highest BCUT2D eigenvalue weighted by Gasteiger charge is 2.32. The molecule has 4 rings (SSSR count). The molecule has 1 unspecified atom stereocenters. The number of aromatic hydroxyl groups is 2. The van der Waals surface area contributed by atoms with Crippen molar-refractivity contribution in [2.75, 3.05) is 20.3 Å². The van der Waals surface area contributed by atoms with Crippen molar-refractivity contribution in [2.24, 2.45) is 5.92 Å². The number of methoxy groups -OCH3 is 1. The Labute approximate surface area is 242 Å². The number of halogens is 3. The molecule has 1 aliphatic carbocycles. The van der Waals surface area contributed by atoms with E-state index in [4.69, 9.17) is 9.47 Å². The monoisotopic (exact) mass is 590 g/mol. The first-order valence-electron chi connectivity index (χ1n) is 14.1. The van der Waals surface area contributed by atoms with Gasteiger partial charge in [-0.1, -0.05) is 37.5 Å². The Hall–Kier alpha value is -3.86. The summed E-state index contributed by atoms with van der Waals surface area (Å²) in [5.74, 6) is 0.0671. The lowest BCUT2D eigenvalue weighted by molar-refractivity contribution is -0.139. The molecule has 0 amide bonds. The van der Waals surface area contributed by atoms with Crippen LogP contribution in [0.1, 0.15) is 61.3 Å². The molecule has 0 saturated heterocycles. The van der Waals surface area contributed by atoms with E-state index in [1.54, 1.807) is 12.1 Å². The number of carboxylic acid groups (broad SMARTS) is 1. The molecule has 1 aliphatic rings. The first-order valence-corrected chi connectivity index (χ1v) is 14.1. The third-order valence-electron chi connectivity index (χ3n) is 7.77. The van der Waals surface area contributed by atoms with E-state index in [0.717, 1.165) is 49.8 Å². The van der Waals surface area contributed by atoms with Gasteiger partial charge >= 0.3 is 12.1 Å². The molecule has 8 nitrogen and oxygen atoms in total. The second-order valence-electron chi connectivity index (χ2n) is 10.7. The molecule has 0 radical (unpaired) electrons. The predicted molar refractivity (Wildman–Crippen MR) is 150 cm³/mol. The van der Waals surface area contributed by atoms with E-state index in [1.165, 1.54) is 35.9 Å². The molecule has 0 aliphatic heterocycles. The van der Waals surface area contributed by atoms with Crippen molar-refractivity contribution in [2.45, 2.75) is 63.8 Å². The summed E-state index contributed by atoms with van der Waals surface area (Å²) in [6.07, 6.45) is 0.663. The number of hydrogen-bond donors (Lipinski definition) is 3. The zero-order valence-corrected chi connectivity index (χ0v) is 23.5. The van der Waals surface area contributed by atoms with E-state index in [2.05, 4.69) is 4.90 Å². The van der Waals surface area contributed by atoms with Gasteiger partial charge in [-0.25, -0.2) is 0 Å². The molecule has 0 spiro atoms. The van der Waals surface area contributed by atoms with E-state index >= 15 is 0 Å². The van der Waals surface area contributed by atoms with Gasteiger partial charge < -0.3 is 24.8 Å². The molecule has 1 saturated carbocycles. The Morgan fingerprint density at radius 2 is 1.67 bits per heavy atom. The molecular formula is C31H37F3N2O6. The molecular weight excluding hydrogens is 553 g/mol. The lowest BCUT2D eigenvalue weighted by Crippen LogP contribution is -2.35. The van der Waals surface area contributed by atoms with E-state index in [0.29, 0.717) is 36.1 Å². The maximum absolute atomic E-state index is 13.2. The molecule has 228 valence electrons. The summed E-state index contributed by atoms with van der Waals surface area (Å²) in [5, 5.41) is 29.4. The van der Waals surface area contributed by atoms with Crippen LogP contribution < -0.4 is 9.47 Å². The van der Waals surface area contributed by atoms with Gasteiger partial charge in [0.2, 0.25) is 0 Å². The van der Waals surface area contributed by atoms with Crippen LogP contribution in [0, 0.1) is 5.92 Å². The van der Waals surface area contributed by atoms with Crippen LogP contribution in [0.3, 0.4) is 0 Å². The van der Waals surface area contributed by atoms with E-state index in [-0.39, 0.29) is 31.3 Å². The van der Waals surface area contributed by atoms with Crippen LogP contribution in [0.25, 0.3) is 0 Å². The fourth-order valence-electron chi connectivity index (χ4n) is 5.61. The van der Waals surface area contributed by atoms with Gasteiger partial charge in [0.25, 0.3) is 0 Å². The Kier molecular flexibility index (Phi) is 10.3. The summed E-state index contributed by atoms with van der Waals surface area (Å²) < 4.78 is 52.4. The van der Waals surface area contributed by atoms with Gasteiger partial charge in [0.1, 0.15) is 6.61 Å². The molecule has 3 aromatic rings. The molecule has 1 heterocycles. The van der Waals surface area contributed by atoms with E-state index in [9.17, 15) is 33.3 Å². The summed E-state index contributed by atoms with van der Waals surface area (Å²) >= 11 is 0. The third-order valence-corrected chi connectivity index (χ3v) is 7.77. The number of aromatic nitrogens is 1. The molecule has 42 heavy (non-hydrogen) atoms. The van der Waals surface area contributed by atoms with Gasteiger partial charge in [-0.2, -0.15) is 13.2 Å². The molecule has 1 fully saturated rings. The highest BCUT2D eigenvalue weighted by Crippen LogP contribution is 2.36. The highest BCUT2D eigenvalue weighted by molar-refractivity contribution is 5.68. The molecule has 1 atom stereocenters. The second-order valence-corrected chi connectivity index (χ2v) is 10.7. The summed E-state index contributed by atoms with van der Waals surface area (Å²) in [6, 6.07) is 12.3. The number of ether oxygens (including phenoxy) is 2. The number of alkyl halides is 3. The average Bonchev–Trinajstić information content (AvgIpc) is 3.28. The third kappa shape index (κ3) is 8.12. The van der Waals surface area contributed by atoms with Gasteiger partial charge in [0.15, 0.2) is 23.3 Å². The summed E-state index contributed by atoms with van der Waals surface area (Å²) in [5.41, 5.74) is 0.573. The van der Waals surface area contributed by atoms with Crippen LogP contribution in [-0.2, 0) is 24.1 Å². The van der Waals surface area contributed by atoms with Gasteiger partial charge in [0.05, 0.1) is 25.6 Å². The smallest absolute Gasteiger partial charge is 0.416 e. The fourth-order valence-corrected chi connectivity index (χ4v) is 5.61. The lowest BCUT2D eigenvalue weighted by Gasteiger charge is -2.36. The van der Waals surface area contributed by atoms with Crippen molar-refractivity contribution >= 4 is 5.97 Å². The van der Waals surface area contributed by atoms with Crippen LogP contribution in [0.4, 0.5) is 13.2 Å². The van der Waals surface area contributed by atoms with Gasteiger partial charge in [-0.05, 0) is 54.2 Å². The first-order chi connectivity index (χ1) is 20.0. The normalized spacial score (nSPS) is 15.1. The molecule has 0 bridgehead atoms. The number of aliphatic carboxylic acids is 1. The van der Waals surface area contributed by atoms with Gasteiger partial charge in [-0.3, -0.25) is 14.3 Å². The molecule has 3 N–H and O–H groups in total. The Bertz CT molecular complexity index is 1300. The van der Waals surface area contributed by atoms with Crippen LogP contribution in [0.15, 0.2) is 54.6 Å². The zero-order chi connectivity index (χ0) is 30.3. The van der Waals surface area contributed by atoms with Crippen LogP contribution in [0.5, 0.6) is 23.3 Å². The number of nitrogens with zero attached hydrogens (tertiary/aromatic N) is 2. The molecule has 2 aromatic carbocycles. The SMILES string of the molecule is COc1cc(CN(CC2CCCCC2)C(CC(=O)O)c2ccc(C(F)(F)F)cc2)ccc1OCCn1c(O)ccc1O.